The van der Waals surface area contributed by atoms with Gasteiger partial charge in [0.05, 0.1) is 5.56 Å². The number of hydrogen-bond donors (Lipinski definition) is 3. The molecule has 3 N–H and O–H groups in total. The number of thiophene rings is 1. The number of fused-ring (bicyclic) bond motifs is 1. The van der Waals surface area contributed by atoms with Crippen LogP contribution in [-0.4, -0.2) is 29.2 Å². The predicted octanol–water partition coefficient (Wildman–Crippen LogP) is 9.71. The fraction of sp³-hybridized carbons (Fsp3) is 0.111. The van der Waals surface area contributed by atoms with Gasteiger partial charge in [-0.1, -0.05) is 109 Å². The first-order chi connectivity index (χ1) is 27.3. The smallest absolute Gasteiger partial charge is 0.272 e. The third-order valence-electron chi connectivity index (χ3n) is 9.11. The van der Waals surface area contributed by atoms with Crippen LogP contribution in [0.4, 0.5) is 10.7 Å². The topological polar surface area (TPSA) is 114 Å². The molecule has 56 heavy (non-hydrogen) atoms. The van der Waals surface area contributed by atoms with Crippen molar-refractivity contribution < 1.29 is 14.4 Å². The van der Waals surface area contributed by atoms with E-state index in [2.05, 4.69) is 39.1 Å². The molecule has 1 unspecified atom stereocenters. The average Bonchev–Trinajstić information content (AvgIpc) is 3.56. The Kier molecular flexibility index (Phi) is 12.4. The summed E-state index contributed by atoms with van der Waals surface area (Å²) in [4.78, 5) is 45.3. The number of rotatable bonds is 12. The van der Waals surface area contributed by atoms with E-state index in [0.29, 0.717) is 38.9 Å². The number of nitriles is 1. The summed E-state index contributed by atoms with van der Waals surface area (Å²) in [6, 6.07) is 44.9. The third-order valence-corrected chi connectivity index (χ3v) is 11.7. The molecular formula is C45H36ClN5O3S2. The van der Waals surface area contributed by atoms with E-state index in [-0.39, 0.29) is 11.6 Å². The van der Waals surface area contributed by atoms with Crippen LogP contribution in [0, 0.1) is 11.3 Å². The molecule has 0 radical (unpaired) electrons. The quantitative estimate of drug-likeness (QED) is 0.0840. The summed E-state index contributed by atoms with van der Waals surface area (Å²) in [5, 5.41) is 19.4. The number of halogens is 1. The third kappa shape index (κ3) is 9.63. The van der Waals surface area contributed by atoms with Crippen molar-refractivity contribution in [3.63, 3.8) is 0 Å². The van der Waals surface area contributed by atoms with Crippen molar-refractivity contribution >= 4 is 69.2 Å². The van der Waals surface area contributed by atoms with Crippen LogP contribution in [0.25, 0.3) is 6.08 Å². The monoisotopic (exact) mass is 793 g/mol. The maximum Gasteiger partial charge on any atom is 0.272 e. The van der Waals surface area contributed by atoms with Crippen molar-refractivity contribution in [3.05, 3.63) is 189 Å². The standard InChI is InChI=1S/C45H36ClN5O3S2/c46-34-19-10-14-31(24-34)25-39(49-42(52)33-17-8-3-9-18-33)43(53)48-35-20-11-21-36(26-35)55-41(32-15-6-2-7-16-32)44(54)50-45-38(27-47)37-22-23-51(29-40(37)56-45)28-30-12-4-1-5-13-30/h1-21,24-26,41H,22-23,28-29H2,(H,48,53)(H,49,52)(H,50,54)/b39-25-. The van der Waals surface area contributed by atoms with Gasteiger partial charge < -0.3 is 16.0 Å². The highest BCUT2D eigenvalue weighted by Gasteiger charge is 2.28. The number of nitrogens with one attached hydrogen (secondary N) is 3. The Morgan fingerprint density at radius 1 is 0.857 bits per heavy atom. The van der Waals surface area contributed by atoms with Crippen LogP contribution < -0.4 is 16.0 Å². The van der Waals surface area contributed by atoms with Gasteiger partial charge in [-0.15, -0.1) is 23.1 Å². The fourth-order valence-corrected chi connectivity index (χ4v) is 8.93. The lowest BCUT2D eigenvalue weighted by atomic mass is 10.0. The van der Waals surface area contributed by atoms with Crippen LogP contribution in [-0.2, 0) is 29.1 Å². The van der Waals surface area contributed by atoms with Crippen molar-refractivity contribution in [2.24, 2.45) is 0 Å². The second-order valence-electron chi connectivity index (χ2n) is 13.1. The highest BCUT2D eigenvalue weighted by Crippen LogP contribution is 2.41. The summed E-state index contributed by atoms with van der Waals surface area (Å²) in [6.07, 6.45) is 2.30. The lowest BCUT2D eigenvalue weighted by Gasteiger charge is -2.26. The minimum atomic E-state index is -0.675. The fourth-order valence-electron chi connectivity index (χ4n) is 6.40. The minimum Gasteiger partial charge on any atom is -0.321 e. The van der Waals surface area contributed by atoms with Crippen molar-refractivity contribution in [1.29, 1.82) is 5.26 Å². The second kappa shape index (κ2) is 18.1. The number of carbonyl (C=O) groups excluding carboxylic acids is 3. The van der Waals surface area contributed by atoms with Gasteiger partial charge in [-0.25, -0.2) is 0 Å². The number of anilines is 2. The maximum absolute atomic E-state index is 14.2. The van der Waals surface area contributed by atoms with Crippen molar-refractivity contribution in [2.75, 3.05) is 17.2 Å². The number of benzene rings is 5. The summed E-state index contributed by atoms with van der Waals surface area (Å²) in [6.45, 7) is 2.35. The molecule has 5 aromatic carbocycles. The molecule has 0 spiro atoms. The molecule has 8 nitrogen and oxygen atoms in total. The molecule has 11 heteroatoms. The van der Waals surface area contributed by atoms with Crippen LogP contribution in [0.3, 0.4) is 0 Å². The Labute approximate surface area is 338 Å². The van der Waals surface area contributed by atoms with Crippen molar-refractivity contribution in [1.82, 2.24) is 10.2 Å². The predicted molar refractivity (Wildman–Crippen MR) is 225 cm³/mol. The molecular weight excluding hydrogens is 758 g/mol. The second-order valence-corrected chi connectivity index (χ2v) is 15.8. The Balaban J connectivity index is 1.09. The van der Waals surface area contributed by atoms with Crippen LogP contribution in [0.5, 0.6) is 0 Å². The maximum atomic E-state index is 14.2. The zero-order valence-electron chi connectivity index (χ0n) is 30.1. The number of hydrogen-bond acceptors (Lipinski definition) is 7. The van der Waals surface area contributed by atoms with E-state index < -0.39 is 17.1 Å². The summed E-state index contributed by atoms with van der Waals surface area (Å²) in [5.74, 6) is -1.24. The molecule has 0 saturated carbocycles. The van der Waals surface area contributed by atoms with Gasteiger partial charge in [-0.3, -0.25) is 19.3 Å². The molecule has 0 bridgehead atoms. The van der Waals surface area contributed by atoms with E-state index in [1.165, 1.54) is 28.7 Å². The molecule has 0 aliphatic carbocycles. The first kappa shape index (κ1) is 38.3. The van der Waals surface area contributed by atoms with Gasteiger partial charge in [0.1, 0.15) is 22.0 Å². The van der Waals surface area contributed by atoms with E-state index in [0.717, 1.165) is 40.4 Å². The Hall–Kier alpha value is -5.96. The Bertz CT molecular complexity index is 2430. The normalized spacial score (nSPS) is 13.2. The number of amides is 3. The zero-order valence-corrected chi connectivity index (χ0v) is 32.5. The first-order valence-electron chi connectivity index (χ1n) is 17.9. The van der Waals surface area contributed by atoms with Crippen molar-refractivity contribution in [2.45, 2.75) is 29.7 Å². The molecule has 1 aliphatic heterocycles. The van der Waals surface area contributed by atoms with Gasteiger partial charge in [0, 0.05) is 45.7 Å². The van der Waals surface area contributed by atoms with E-state index in [1.807, 2.05) is 60.7 Å². The summed E-state index contributed by atoms with van der Waals surface area (Å²) in [7, 11) is 0. The van der Waals surface area contributed by atoms with E-state index in [4.69, 9.17) is 11.6 Å². The van der Waals surface area contributed by atoms with Gasteiger partial charge in [0.2, 0.25) is 5.91 Å². The molecule has 3 amide bonds. The minimum absolute atomic E-state index is 0.0239. The molecule has 0 fully saturated rings. The van der Waals surface area contributed by atoms with E-state index in [9.17, 15) is 19.6 Å². The molecule has 0 saturated heterocycles. The highest BCUT2D eigenvalue weighted by molar-refractivity contribution is 8.00. The van der Waals surface area contributed by atoms with Crippen LogP contribution in [0.2, 0.25) is 5.02 Å². The summed E-state index contributed by atoms with van der Waals surface area (Å²) < 4.78 is 0. The van der Waals surface area contributed by atoms with Crippen LogP contribution in [0.15, 0.2) is 150 Å². The molecule has 1 aromatic heterocycles. The van der Waals surface area contributed by atoms with Gasteiger partial charge in [-0.2, -0.15) is 5.26 Å². The highest BCUT2D eigenvalue weighted by atomic mass is 35.5. The molecule has 2 heterocycles. The molecule has 1 aliphatic rings. The Morgan fingerprint density at radius 3 is 2.30 bits per heavy atom. The van der Waals surface area contributed by atoms with E-state index >= 15 is 0 Å². The molecule has 1 atom stereocenters. The number of nitrogens with zero attached hydrogens (tertiary/aromatic N) is 2. The van der Waals surface area contributed by atoms with E-state index in [1.54, 1.807) is 72.8 Å². The average molecular weight is 794 g/mol. The van der Waals surface area contributed by atoms with Crippen LogP contribution >= 0.6 is 34.7 Å². The number of carbonyl (C=O) groups is 3. The number of thioether (sulfide) groups is 1. The van der Waals surface area contributed by atoms with Gasteiger partial charge in [-0.05, 0) is 77.2 Å². The lowest BCUT2D eigenvalue weighted by Crippen LogP contribution is -2.30. The molecule has 6 aromatic rings. The largest absolute Gasteiger partial charge is 0.321 e. The summed E-state index contributed by atoms with van der Waals surface area (Å²) >= 11 is 9.02. The lowest BCUT2D eigenvalue weighted by molar-refractivity contribution is -0.116. The molecule has 278 valence electrons. The Morgan fingerprint density at radius 2 is 1.57 bits per heavy atom. The first-order valence-corrected chi connectivity index (χ1v) is 20.0. The SMILES string of the molecule is N#Cc1c(NC(=O)C(Sc2cccc(NC(=O)/C(=C/c3cccc(Cl)c3)NC(=O)c3ccccc3)c2)c2ccccc2)sc2c1CCN(Cc1ccccc1)C2. The summed E-state index contributed by atoms with van der Waals surface area (Å²) in [5.41, 5.74) is 5.08. The van der Waals surface area contributed by atoms with Crippen LogP contribution in [0.1, 0.15) is 48.3 Å². The van der Waals surface area contributed by atoms with Gasteiger partial charge in [0.25, 0.3) is 11.8 Å². The van der Waals surface area contributed by atoms with Gasteiger partial charge in [0.15, 0.2) is 0 Å². The molecule has 7 rings (SSSR count). The van der Waals surface area contributed by atoms with Gasteiger partial charge >= 0.3 is 0 Å². The zero-order chi connectivity index (χ0) is 38.9. The van der Waals surface area contributed by atoms with Crippen molar-refractivity contribution in [3.8, 4) is 6.07 Å².